The van der Waals surface area contributed by atoms with Crippen LogP contribution in [0.3, 0.4) is 0 Å². The van der Waals surface area contributed by atoms with Crippen LogP contribution in [0, 0.1) is 11.3 Å². The second kappa shape index (κ2) is 9.82. The first kappa shape index (κ1) is 19.8. The van der Waals surface area contributed by atoms with Crippen LogP contribution in [0.25, 0.3) is 0 Å². The molecule has 2 aromatic carbocycles. The number of nitrogens with zero attached hydrogens (tertiary/aromatic N) is 2. The summed E-state index contributed by atoms with van der Waals surface area (Å²) in [4.78, 5) is 26.4. The fourth-order valence-electron chi connectivity index (χ4n) is 2.50. The standard InChI is InChI=1S/C20H20N2O5/c1-25-17-11-6-10-16(19(17)26-2)20(24)27-14-18(23)22(13-7-12-21)15-8-4-3-5-9-15/h3-6,8-11H,7,13-14H2,1-2H3. The van der Waals surface area contributed by atoms with E-state index in [2.05, 4.69) is 0 Å². The Kier molecular flexibility index (Phi) is 7.20. The molecule has 0 N–H and O–H groups in total. The van der Waals surface area contributed by atoms with Gasteiger partial charge in [0.15, 0.2) is 18.1 Å². The highest BCUT2D eigenvalue weighted by atomic mass is 16.5. The van der Waals surface area contributed by atoms with E-state index in [0.717, 1.165) is 0 Å². The third-order valence-corrected chi connectivity index (χ3v) is 3.77. The van der Waals surface area contributed by atoms with Gasteiger partial charge in [0.25, 0.3) is 5.91 Å². The molecule has 0 saturated heterocycles. The molecule has 0 fully saturated rings. The highest BCUT2D eigenvalue weighted by Crippen LogP contribution is 2.31. The number of nitriles is 1. The molecule has 0 aliphatic carbocycles. The van der Waals surface area contributed by atoms with Gasteiger partial charge < -0.3 is 19.1 Å². The van der Waals surface area contributed by atoms with Crippen molar-refractivity contribution in [1.82, 2.24) is 0 Å². The Morgan fingerprint density at radius 1 is 1.04 bits per heavy atom. The van der Waals surface area contributed by atoms with Crippen molar-refractivity contribution in [3.8, 4) is 17.6 Å². The lowest BCUT2D eigenvalue weighted by Gasteiger charge is -2.21. The molecule has 0 radical (unpaired) electrons. The largest absolute Gasteiger partial charge is 0.493 e. The molecule has 140 valence electrons. The van der Waals surface area contributed by atoms with Crippen molar-refractivity contribution in [2.24, 2.45) is 0 Å². The van der Waals surface area contributed by atoms with E-state index in [-0.39, 0.29) is 24.3 Å². The number of ether oxygens (including phenoxy) is 3. The molecule has 0 spiro atoms. The molecule has 2 rings (SSSR count). The highest BCUT2D eigenvalue weighted by Gasteiger charge is 2.21. The summed E-state index contributed by atoms with van der Waals surface area (Å²) in [5.74, 6) is -0.501. The van der Waals surface area contributed by atoms with Gasteiger partial charge in [0.05, 0.1) is 26.7 Å². The lowest BCUT2D eigenvalue weighted by atomic mass is 10.2. The SMILES string of the molecule is COc1cccc(C(=O)OCC(=O)N(CCC#N)c2ccccc2)c1OC. The molecule has 0 aliphatic rings. The van der Waals surface area contributed by atoms with Crippen LogP contribution in [0.5, 0.6) is 11.5 Å². The van der Waals surface area contributed by atoms with Crippen molar-refractivity contribution in [2.75, 3.05) is 32.3 Å². The maximum Gasteiger partial charge on any atom is 0.342 e. The van der Waals surface area contributed by atoms with Gasteiger partial charge in [-0.25, -0.2) is 4.79 Å². The third-order valence-electron chi connectivity index (χ3n) is 3.77. The summed E-state index contributed by atoms with van der Waals surface area (Å²) < 4.78 is 15.5. The quantitative estimate of drug-likeness (QED) is 0.666. The third kappa shape index (κ3) is 4.98. The van der Waals surface area contributed by atoms with Crippen molar-refractivity contribution in [3.63, 3.8) is 0 Å². The van der Waals surface area contributed by atoms with Crippen molar-refractivity contribution in [1.29, 1.82) is 5.26 Å². The summed E-state index contributed by atoms with van der Waals surface area (Å²) in [5.41, 5.74) is 0.792. The van der Waals surface area contributed by atoms with Gasteiger partial charge in [-0.3, -0.25) is 4.79 Å². The van der Waals surface area contributed by atoms with Crippen LogP contribution >= 0.6 is 0 Å². The Morgan fingerprint density at radius 3 is 2.41 bits per heavy atom. The number of carbonyl (C=O) groups excluding carboxylic acids is 2. The maximum atomic E-state index is 12.5. The molecule has 7 nitrogen and oxygen atoms in total. The molecule has 0 aliphatic heterocycles. The van der Waals surface area contributed by atoms with E-state index in [1.165, 1.54) is 25.2 Å². The summed E-state index contributed by atoms with van der Waals surface area (Å²) >= 11 is 0. The van der Waals surface area contributed by atoms with Crippen molar-refractivity contribution < 1.29 is 23.8 Å². The van der Waals surface area contributed by atoms with Gasteiger partial charge in [-0.05, 0) is 24.3 Å². The second-order valence-electron chi connectivity index (χ2n) is 5.41. The summed E-state index contributed by atoms with van der Waals surface area (Å²) in [7, 11) is 2.88. The van der Waals surface area contributed by atoms with Crippen molar-refractivity contribution in [2.45, 2.75) is 6.42 Å². The number of carbonyl (C=O) groups is 2. The first-order valence-corrected chi connectivity index (χ1v) is 8.22. The molecule has 0 heterocycles. The number of hydrogen-bond acceptors (Lipinski definition) is 6. The van der Waals surface area contributed by atoms with Crippen LogP contribution in [0.2, 0.25) is 0 Å². The van der Waals surface area contributed by atoms with E-state index in [1.807, 2.05) is 12.1 Å². The smallest absolute Gasteiger partial charge is 0.342 e. The number of rotatable bonds is 8. The molecule has 0 bridgehead atoms. The Labute approximate surface area is 157 Å². The second-order valence-corrected chi connectivity index (χ2v) is 5.41. The van der Waals surface area contributed by atoms with Crippen molar-refractivity contribution in [3.05, 3.63) is 54.1 Å². The summed E-state index contributed by atoms with van der Waals surface area (Å²) in [5, 5.41) is 8.82. The highest BCUT2D eigenvalue weighted by molar-refractivity contribution is 5.98. The number of methoxy groups -OCH3 is 2. The van der Waals surface area contributed by atoms with E-state index in [4.69, 9.17) is 19.5 Å². The lowest BCUT2D eigenvalue weighted by molar-refractivity contribution is -0.121. The molecular formula is C20H20N2O5. The molecule has 27 heavy (non-hydrogen) atoms. The molecule has 7 heteroatoms. The Hall–Kier alpha value is -3.53. The zero-order valence-electron chi connectivity index (χ0n) is 15.2. The van der Waals surface area contributed by atoms with Gasteiger partial charge in [-0.1, -0.05) is 24.3 Å². The monoisotopic (exact) mass is 368 g/mol. The predicted octanol–water partition coefficient (Wildman–Crippen LogP) is 2.81. The van der Waals surface area contributed by atoms with Gasteiger partial charge in [0.2, 0.25) is 0 Å². The van der Waals surface area contributed by atoms with Crippen LogP contribution in [-0.4, -0.2) is 39.2 Å². The number of benzene rings is 2. The Balaban J connectivity index is 2.11. The van der Waals surface area contributed by atoms with Gasteiger partial charge >= 0.3 is 5.97 Å². The van der Waals surface area contributed by atoms with E-state index >= 15 is 0 Å². The minimum atomic E-state index is -0.701. The molecule has 0 aromatic heterocycles. The number of esters is 1. The average molecular weight is 368 g/mol. The zero-order valence-corrected chi connectivity index (χ0v) is 15.2. The molecule has 0 atom stereocenters. The number of hydrogen-bond donors (Lipinski definition) is 0. The maximum absolute atomic E-state index is 12.5. The van der Waals surface area contributed by atoms with E-state index in [1.54, 1.807) is 36.4 Å². The van der Waals surface area contributed by atoms with Crippen LogP contribution in [0.1, 0.15) is 16.8 Å². The minimum absolute atomic E-state index is 0.160. The summed E-state index contributed by atoms with van der Waals surface area (Å²) in [6.45, 7) is -0.251. The molecule has 0 saturated carbocycles. The molecule has 2 aromatic rings. The zero-order chi connectivity index (χ0) is 19.6. The lowest BCUT2D eigenvalue weighted by Crippen LogP contribution is -2.35. The van der Waals surface area contributed by atoms with E-state index in [9.17, 15) is 9.59 Å². The average Bonchev–Trinajstić information content (AvgIpc) is 2.72. The molecular weight excluding hydrogens is 348 g/mol. The Morgan fingerprint density at radius 2 is 1.78 bits per heavy atom. The topological polar surface area (TPSA) is 88.9 Å². The van der Waals surface area contributed by atoms with Crippen LogP contribution in [-0.2, 0) is 9.53 Å². The number of amides is 1. The first-order chi connectivity index (χ1) is 13.1. The summed E-state index contributed by atoms with van der Waals surface area (Å²) in [6.07, 6.45) is 0.165. The van der Waals surface area contributed by atoms with E-state index in [0.29, 0.717) is 11.4 Å². The fourth-order valence-corrected chi connectivity index (χ4v) is 2.50. The van der Waals surface area contributed by atoms with Gasteiger partial charge in [0, 0.05) is 12.2 Å². The molecule has 0 unspecified atom stereocenters. The number of anilines is 1. The fraction of sp³-hybridized carbons (Fsp3) is 0.250. The molecule has 1 amide bonds. The van der Waals surface area contributed by atoms with Crippen LogP contribution in [0.15, 0.2) is 48.5 Å². The summed E-state index contributed by atoms with van der Waals surface area (Å²) in [6, 6.07) is 15.7. The predicted molar refractivity (Wildman–Crippen MR) is 98.9 cm³/mol. The van der Waals surface area contributed by atoms with Gasteiger partial charge in [-0.15, -0.1) is 0 Å². The normalized spacial score (nSPS) is 9.81. The van der Waals surface area contributed by atoms with Crippen LogP contribution < -0.4 is 14.4 Å². The van der Waals surface area contributed by atoms with Crippen LogP contribution in [0.4, 0.5) is 5.69 Å². The number of para-hydroxylation sites is 2. The van der Waals surface area contributed by atoms with Crippen molar-refractivity contribution >= 4 is 17.6 Å². The van der Waals surface area contributed by atoms with Gasteiger partial charge in [-0.2, -0.15) is 5.26 Å². The van der Waals surface area contributed by atoms with E-state index < -0.39 is 18.5 Å². The first-order valence-electron chi connectivity index (χ1n) is 8.22. The minimum Gasteiger partial charge on any atom is -0.493 e. The van der Waals surface area contributed by atoms with Gasteiger partial charge in [0.1, 0.15) is 5.56 Å². The Bertz CT molecular complexity index is 830.